The van der Waals surface area contributed by atoms with E-state index in [1.807, 2.05) is 41.8 Å². The van der Waals surface area contributed by atoms with Crippen molar-refractivity contribution in [2.24, 2.45) is 17.6 Å². The van der Waals surface area contributed by atoms with E-state index in [0.29, 0.717) is 23.8 Å². The van der Waals surface area contributed by atoms with E-state index in [1.165, 1.54) is 12.8 Å². The van der Waals surface area contributed by atoms with E-state index in [2.05, 4.69) is 6.07 Å². The average Bonchev–Trinajstić information content (AvgIpc) is 3.24. The number of fused-ring (bicyclic) bond motifs is 2. The van der Waals surface area contributed by atoms with Crippen molar-refractivity contribution in [1.29, 1.82) is 0 Å². The largest absolute Gasteiger partial charge is 0.471 e. The van der Waals surface area contributed by atoms with Crippen molar-refractivity contribution in [3.63, 3.8) is 0 Å². The molecule has 2 atom stereocenters. The van der Waals surface area contributed by atoms with E-state index < -0.39 is 0 Å². The first-order valence-electron chi connectivity index (χ1n) is 10.8. The summed E-state index contributed by atoms with van der Waals surface area (Å²) in [5.74, 6) is 1.74. The molecule has 30 heavy (non-hydrogen) atoms. The summed E-state index contributed by atoms with van der Waals surface area (Å²) in [5.41, 5.74) is 8.75. The number of rotatable bonds is 4. The van der Waals surface area contributed by atoms with Crippen molar-refractivity contribution in [2.45, 2.75) is 39.2 Å². The number of hydrogen-bond donors (Lipinski definition) is 1. The van der Waals surface area contributed by atoms with Crippen LogP contribution in [0.4, 0.5) is 0 Å². The van der Waals surface area contributed by atoms with Crippen LogP contribution in [-0.2, 0) is 6.54 Å². The summed E-state index contributed by atoms with van der Waals surface area (Å²) in [6, 6.07) is 12.0. The summed E-state index contributed by atoms with van der Waals surface area (Å²) in [4.78, 5) is 18.5. The standard InChI is InChI=1S/C25H27N3O2/c1-16-5-8-23-22(9-16)25(29)28(13-18-4-2-3-17(10-18)12-26)24(27-23)19-6-7-20-14-30-15-21(20)11-19/h5-9,11,14-15,17-18H,2-4,10,12-13,26H2,1H3. The molecule has 1 aliphatic carbocycles. The topological polar surface area (TPSA) is 74.1 Å². The van der Waals surface area contributed by atoms with Crippen LogP contribution in [0.3, 0.4) is 0 Å². The molecule has 0 radical (unpaired) electrons. The Balaban J connectivity index is 1.66. The molecule has 2 aromatic heterocycles. The molecule has 0 amide bonds. The van der Waals surface area contributed by atoms with Gasteiger partial charge in [0, 0.05) is 22.9 Å². The molecular weight excluding hydrogens is 374 g/mol. The maximum Gasteiger partial charge on any atom is 0.261 e. The highest BCUT2D eigenvalue weighted by Crippen LogP contribution is 2.31. The Bertz CT molecular complexity index is 1270. The maximum atomic E-state index is 13.6. The van der Waals surface area contributed by atoms with Gasteiger partial charge in [0.25, 0.3) is 5.56 Å². The fourth-order valence-electron chi connectivity index (χ4n) is 4.87. The van der Waals surface area contributed by atoms with Crippen molar-refractivity contribution < 1.29 is 4.42 Å². The molecule has 2 unspecified atom stereocenters. The van der Waals surface area contributed by atoms with Gasteiger partial charge >= 0.3 is 0 Å². The summed E-state index contributed by atoms with van der Waals surface area (Å²) in [5, 5.41) is 2.75. The molecule has 2 heterocycles. The van der Waals surface area contributed by atoms with Gasteiger partial charge in [-0.15, -0.1) is 0 Å². The number of nitrogens with two attached hydrogens (primary N) is 1. The average molecular weight is 402 g/mol. The Morgan fingerprint density at radius 1 is 1.10 bits per heavy atom. The van der Waals surface area contributed by atoms with Crippen LogP contribution in [0, 0.1) is 18.8 Å². The minimum atomic E-state index is 0.0425. The lowest BCUT2D eigenvalue weighted by atomic mass is 9.81. The number of benzene rings is 2. The Morgan fingerprint density at radius 3 is 2.80 bits per heavy atom. The van der Waals surface area contributed by atoms with E-state index in [0.717, 1.165) is 52.6 Å². The first-order chi connectivity index (χ1) is 14.6. The van der Waals surface area contributed by atoms with Gasteiger partial charge in [0.2, 0.25) is 0 Å². The van der Waals surface area contributed by atoms with Crippen LogP contribution in [0.5, 0.6) is 0 Å². The zero-order valence-corrected chi connectivity index (χ0v) is 17.3. The van der Waals surface area contributed by atoms with E-state index in [4.69, 9.17) is 15.1 Å². The zero-order valence-electron chi connectivity index (χ0n) is 17.3. The Morgan fingerprint density at radius 2 is 1.93 bits per heavy atom. The molecular formula is C25H27N3O2. The Labute approximate surface area is 175 Å². The van der Waals surface area contributed by atoms with Crippen LogP contribution in [0.15, 0.2) is 58.1 Å². The summed E-state index contributed by atoms with van der Waals surface area (Å²) >= 11 is 0. The van der Waals surface area contributed by atoms with E-state index >= 15 is 0 Å². The number of aromatic nitrogens is 2. The lowest BCUT2D eigenvalue weighted by molar-refractivity contribution is 0.246. The molecule has 0 bridgehead atoms. The van der Waals surface area contributed by atoms with Gasteiger partial charge in [-0.05, 0) is 62.8 Å². The molecule has 2 aromatic carbocycles. The highest BCUT2D eigenvalue weighted by atomic mass is 16.3. The van der Waals surface area contributed by atoms with Gasteiger partial charge in [-0.25, -0.2) is 4.98 Å². The quantitative estimate of drug-likeness (QED) is 0.529. The SMILES string of the molecule is Cc1ccc2nc(-c3ccc4cocc4c3)n(CC3CCCC(CN)C3)c(=O)c2c1. The minimum Gasteiger partial charge on any atom is -0.471 e. The molecule has 2 N–H and O–H groups in total. The summed E-state index contributed by atoms with van der Waals surface area (Å²) in [7, 11) is 0. The molecule has 1 saturated carbocycles. The Hall–Kier alpha value is -2.92. The van der Waals surface area contributed by atoms with Crippen LogP contribution in [0.25, 0.3) is 33.1 Å². The zero-order chi connectivity index (χ0) is 20.7. The number of aryl methyl sites for hydroxylation is 1. The minimum absolute atomic E-state index is 0.0425. The summed E-state index contributed by atoms with van der Waals surface area (Å²) in [6.45, 7) is 3.42. The first-order valence-corrected chi connectivity index (χ1v) is 10.8. The lowest BCUT2D eigenvalue weighted by Crippen LogP contribution is -2.30. The molecule has 0 aliphatic heterocycles. The number of hydrogen-bond acceptors (Lipinski definition) is 4. The molecule has 0 spiro atoms. The third-order valence-corrected chi connectivity index (χ3v) is 6.51. The first kappa shape index (κ1) is 19.1. The van der Waals surface area contributed by atoms with Gasteiger partial charge in [-0.1, -0.05) is 30.2 Å². The van der Waals surface area contributed by atoms with Gasteiger partial charge in [0.05, 0.1) is 23.4 Å². The van der Waals surface area contributed by atoms with Crippen molar-refractivity contribution in [1.82, 2.24) is 9.55 Å². The van der Waals surface area contributed by atoms with Gasteiger partial charge < -0.3 is 10.2 Å². The molecule has 1 aliphatic rings. The van der Waals surface area contributed by atoms with Crippen molar-refractivity contribution in [3.8, 4) is 11.4 Å². The molecule has 5 nitrogen and oxygen atoms in total. The van der Waals surface area contributed by atoms with Crippen LogP contribution in [-0.4, -0.2) is 16.1 Å². The number of nitrogens with zero attached hydrogens (tertiary/aromatic N) is 2. The van der Waals surface area contributed by atoms with Gasteiger partial charge in [0.1, 0.15) is 5.82 Å². The normalized spacial score (nSPS) is 19.5. The smallest absolute Gasteiger partial charge is 0.261 e. The fourth-order valence-corrected chi connectivity index (χ4v) is 4.87. The summed E-state index contributed by atoms with van der Waals surface area (Å²) < 4.78 is 7.23. The second-order valence-electron chi connectivity index (χ2n) is 8.72. The monoisotopic (exact) mass is 401 g/mol. The van der Waals surface area contributed by atoms with Crippen molar-refractivity contribution in [3.05, 3.63) is 64.8 Å². The second kappa shape index (κ2) is 7.73. The molecule has 5 heteroatoms. The molecule has 5 rings (SSSR count). The van der Waals surface area contributed by atoms with Gasteiger partial charge in [-0.2, -0.15) is 0 Å². The highest BCUT2D eigenvalue weighted by Gasteiger charge is 2.24. The summed E-state index contributed by atoms with van der Waals surface area (Å²) in [6.07, 6.45) is 8.05. The van der Waals surface area contributed by atoms with Crippen molar-refractivity contribution in [2.75, 3.05) is 6.54 Å². The number of furan rings is 1. The van der Waals surface area contributed by atoms with Crippen LogP contribution < -0.4 is 11.3 Å². The second-order valence-corrected chi connectivity index (χ2v) is 8.72. The van der Waals surface area contributed by atoms with E-state index in [-0.39, 0.29) is 5.56 Å². The van der Waals surface area contributed by atoms with Crippen molar-refractivity contribution >= 4 is 21.7 Å². The fraction of sp³-hybridized carbons (Fsp3) is 0.360. The third-order valence-electron chi connectivity index (χ3n) is 6.51. The van der Waals surface area contributed by atoms with Gasteiger partial charge in [-0.3, -0.25) is 9.36 Å². The van der Waals surface area contributed by atoms with E-state index in [1.54, 1.807) is 12.5 Å². The van der Waals surface area contributed by atoms with Crippen LogP contribution in [0.2, 0.25) is 0 Å². The van der Waals surface area contributed by atoms with E-state index in [9.17, 15) is 4.79 Å². The van der Waals surface area contributed by atoms with Crippen LogP contribution >= 0.6 is 0 Å². The lowest BCUT2D eigenvalue weighted by Gasteiger charge is -2.29. The molecule has 1 fully saturated rings. The molecule has 154 valence electrons. The highest BCUT2D eigenvalue weighted by molar-refractivity contribution is 5.86. The third kappa shape index (κ3) is 3.43. The molecule has 0 saturated heterocycles. The predicted molar refractivity (Wildman–Crippen MR) is 120 cm³/mol. The Kier molecular flexibility index (Phi) is 4.91. The molecule has 4 aromatic rings. The van der Waals surface area contributed by atoms with Gasteiger partial charge in [0.15, 0.2) is 0 Å². The van der Waals surface area contributed by atoms with Crippen LogP contribution in [0.1, 0.15) is 31.2 Å². The predicted octanol–water partition coefficient (Wildman–Crippen LogP) is 4.88. The maximum absolute atomic E-state index is 13.6.